The third kappa shape index (κ3) is 12.6. The van der Waals surface area contributed by atoms with Gasteiger partial charge in [0.1, 0.15) is 18.2 Å². The Morgan fingerprint density at radius 1 is 1.00 bits per heavy atom. The van der Waals surface area contributed by atoms with Crippen molar-refractivity contribution in [3.05, 3.63) is 82.7 Å². The van der Waals surface area contributed by atoms with E-state index in [4.69, 9.17) is 9.47 Å². The summed E-state index contributed by atoms with van der Waals surface area (Å²) in [6.45, 7) is 6.80. The zero-order valence-corrected chi connectivity index (χ0v) is 26.5. The van der Waals surface area contributed by atoms with Crippen LogP contribution in [0.5, 0.6) is 0 Å². The van der Waals surface area contributed by atoms with Crippen LogP contribution in [-0.2, 0) is 32.1 Å². The number of ether oxygens (including phenoxy) is 2. The van der Waals surface area contributed by atoms with Crippen LogP contribution in [0, 0.1) is 0 Å². The van der Waals surface area contributed by atoms with Gasteiger partial charge in [-0.1, -0.05) is 30.3 Å². The fraction of sp³-hybridized carbons (Fsp3) is 0.333. The molecular weight excluding hydrogens is 596 g/mol. The number of amides is 2. The number of alkyl carbamates (subject to hydrolysis) is 1. The van der Waals surface area contributed by atoms with Crippen LogP contribution >= 0.6 is 11.3 Å². The maximum atomic E-state index is 13.0. The molecule has 0 fully saturated rings. The predicted molar refractivity (Wildman–Crippen MR) is 174 cm³/mol. The number of hydrogen-bond donors (Lipinski definition) is 5. The summed E-state index contributed by atoms with van der Waals surface area (Å²) < 4.78 is 21.4. The Balaban J connectivity index is 1.63. The van der Waals surface area contributed by atoms with Gasteiger partial charge in [0.15, 0.2) is 0 Å². The Morgan fingerprint density at radius 3 is 2.42 bits per heavy atom. The summed E-state index contributed by atoms with van der Waals surface area (Å²) in [6, 6.07) is 19.1. The van der Waals surface area contributed by atoms with Gasteiger partial charge in [-0.3, -0.25) is 4.79 Å². The van der Waals surface area contributed by atoms with Crippen molar-refractivity contribution in [1.29, 1.82) is 0 Å². The Labute approximate surface area is 267 Å². The minimum absolute atomic E-state index is 0.0168. The van der Waals surface area contributed by atoms with Crippen molar-refractivity contribution < 1.29 is 33.6 Å². The molecule has 2 aromatic carbocycles. The molecule has 0 aliphatic carbocycles. The number of carbonyl (C=O) groups excluding carboxylic acids is 3. The molecule has 3 aromatic rings. The normalized spacial score (nSPS) is 11.9. The van der Waals surface area contributed by atoms with E-state index in [0.717, 1.165) is 21.6 Å². The number of esters is 1. The molecule has 3 rings (SSSR count). The van der Waals surface area contributed by atoms with Crippen molar-refractivity contribution in [2.45, 2.75) is 52.4 Å². The van der Waals surface area contributed by atoms with Gasteiger partial charge in [-0.2, -0.15) is 0 Å². The molecule has 1 unspecified atom stereocenters. The van der Waals surface area contributed by atoms with Crippen LogP contribution in [0.15, 0.2) is 71.6 Å². The zero-order chi connectivity index (χ0) is 32.8. The molecule has 236 valence electrons. The topological polar surface area (TPSA) is 167 Å². The van der Waals surface area contributed by atoms with Crippen LogP contribution in [0.3, 0.4) is 0 Å². The van der Waals surface area contributed by atoms with Crippen LogP contribution < -0.4 is 21.3 Å². The van der Waals surface area contributed by atoms with E-state index in [1.165, 1.54) is 18.2 Å². The van der Waals surface area contributed by atoms with Crippen LogP contribution in [0.4, 0.5) is 4.79 Å². The first-order valence-corrected chi connectivity index (χ1v) is 15.1. The average Bonchev–Trinajstić information content (AvgIpc) is 3.50. The summed E-state index contributed by atoms with van der Waals surface area (Å²) in [5, 5.41) is 20.6. The SMILES string of the molecule is CB(O)/N=C(\NCB=O)NCc1cccc(-c2ccc(C(=O)NCC(NC(=O)OCc3ccccc3)C(=O)OC(C)(C)C)s2)c1. The molecule has 12 nitrogen and oxygen atoms in total. The van der Waals surface area contributed by atoms with E-state index >= 15 is 0 Å². The molecule has 5 N–H and O–H groups in total. The van der Waals surface area contributed by atoms with Gasteiger partial charge in [-0.15, -0.1) is 0 Å². The molecule has 15 heteroatoms. The average molecular weight is 633 g/mol. The number of carbonyl (C=O) groups is 3. The van der Waals surface area contributed by atoms with E-state index in [1.54, 1.807) is 39.0 Å². The van der Waals surface area contributed by atoms with Gasteiger partial charge in [0, 0.05) is 6.54 Å². The third-order valence-corrected chi connectivity index (χ3v) is 6.97. The Bertz CT molecular complexity index is 1480. The quantitative estimate of drug-likeness (QED) is 0.0823. The fourth-order valence-corrected chi connectivity index (χ4v) is 4.79. The Hall–Kier alpha value is -4.49. The second-order valence-electron chi connectivity index (χ2n) is 10.9. The fourth-order valence-electron chi connectivity index (χ4n) is 3.87. The number of thiophene rings is 1. The van der Waals surface area contributed by atoms with Crippen molar-refractivity contribution >= 4 is 49.5 Å². The molecule has 0 radical (unpaired) electrons. The zero-order valence-electron chi connectivity index (χ0n) is 25.7. The molecule has 1 heterocycles. The maximum absolute atomic E-state index is 13.0. The van der Waals surface area contributed by atoms with E-state index < -0.39 is 36.7 Å². The molecule has 0 aliphatic heterocycles. The van der Waals surface area contributed by atoms with Crippen LogP contribution in [0.2, 0.25) is 6.82 Å². The van der Waals surface area contributed by atoms with Crippen molar-refractivity contribution in [2.24, 2.45) is 4.90 Å². The van der Waals surface area contributed by atoms with Gasteiger partial charge in [0.05, 0.1) is 0 Å². The van der Waals surface area contributed by atoms with E-state index in [2.05, 4.69) is 26.2 Å². The number of hydrogen-bond acceptors (Lipinski definition) is 9. The van der Waals surface area contributed by atoms with Crippen LogP contribution in [0.1, 0.15) is 41.6 Å². The van der Waals surface area contributed by atoms with Gasteiger partial charge in [0.2, 0.25) is 0 Å². The van der Waals surface area contributed by atoms with Gasteiger partial charge < -0.3 is 20.1 Å². The van der Waals surface area contributed by atoms with E-state index in [9.17, 15) is 24.1 Å². The second kappa shape index (κ2) is 17.1. The summed E-state index contributed by atoms with van der Waals surface area (Å²) in [5.41, 5.74) is 1.76. The van der Waals surface area contributed by atoms with Crippen molar-refractivity contribution in [3.63, 3.8) is 0 Å². The minimum atomic E-state index is -1.18. The van der Waals surface area contributed by atoms with E-state index in [1.807, 2.05) is 48.5 Å². The third-order valence-electron chi connectivity index (χ3n) is 5.83. The number of guanidine groups is 1. The molecule has 2 amide bonds. The molecule has 0 bridgehead atoms. The second-order valence-corrected chi connectivity index (χ2v) is 12.0. The van der Waals surface area contributed by atoms with Crippen molar-refractivity contribution in [1.82, 2.24) is 21.3 Å². The summed E-state index contributed by atoms with van der Waals surface area (Å²) >= 11 is 1.27. The molecule has 1 atom stereocenters. The molecular formula is C30H37B2N5O7S. The molecule has 1 aromatic heterocycles. The molecule has 0 saturated heterocycles. The van der Waals surface area contributed by atoms with Crippen LogP contribution in [0.25, 0.3) is 10.4 Å². The van der Waals surface area contributed by atoms with Crippen LogP contribution in [-0.4, -0.2) is 67.8 Å². The first-order valence-electron chi connectivity index (χ1n) is 14.3. The summed E-state index contributed by atoms with van der Waals surface area (Å²) in [4.78, 5) is 43.6. The van der Waals surface area contributed by atoms with Gasteiger partial charge in [-0.25, -0.2) is 9.59 Å². The summed E-state index contributed by atoms with van der Waals surface area (Å²) in [7, 11) is -0.253. The monoisotopic (exact) mass is 633 g/mol. The standard InChI is InChI=1S/C30H37B2N5O7S/c1-30(2,3)44-27(39)23(36-29(40)43-18-20-9-6-5-7-10-20)17-33-26(38)25-14-13-24(45-25)22-12-8-11-21(15-22)16-34-28(35-19-31-41)37-32(4)42/h5-15,23,42H,16-19H2,1-4H3,(H,33,38)(H,36,40)(H2,34,35,37). The van der Waals surface area contributed by atoms with E-state index in [0.29, 0.717) is 24.5 Å². The van der Waals surface area contributed by atoms with Gasteiger partial charge in [-0.05, 0) is 26.3 Å². The summed E-state index contributed by atoms with van der Waals surface area (Å²) in [6.07, 6.45) is -0.772. The number of nitrogens with one attached hydrogen (secondary N) is 4. The molecule has 0 spiro atoms. The first kappa shape index (κ1) is 35.0. The van der Waals surface area contributed by atoms with Crippen molar-refractivity contribution in [2.75, 3.05) is 13.0 Å². The summed E-state index contributed by atoms with van der Waals surface area (Å²) in [5.74, 6) is -0.835. The predicted octanol–water partition coefficient (Wildman–Crippen LogP) is 2.93. The van der Waals surface area contributed by atoms with Gasteiger partial charge >= 0.3 is 152 Å². The number of benzene rings is 2. The molecule has 0 aliphatic rings. The first-order chi connectivity index (χ1) is 21.4. The molecule has 45 heavy (non-hydrogen) atoms. The number of rotatable bonds is 13. The Morgan fingerprint density at radius 2 is 1.73 bits per heavy atom. The van der Waals surface area contributed by atoms with Gasteiger partial charge in [0.25, 0.3) is 0 Å². The Kier molecular flexibility index (Phi) is 13.3. The number of nitrogens with zero attached hydrogens (tertiary/aromatic N) is 1. The molecule has 0 saturated carbocycles. The van der Waals surface area contributed by atoms with E-state index in [-0.39, 0.29) is 19.6 Å². The van der Waals surface area contributed by atoms with Crippen molar-refractivity contribution in [3.8, 4) is 10.4 Å².